The molecule has 4 saturated heterocycles. The van der Waals surface area contributed by atoms with Gasteiger partial charge in [0.15, 0.2) is 0 Å². The first kappa shape index (κ1) is 10.9. The van der Waals surface area contributed by atoms with E-state index >= 15 is 0 Å². The highest BCUT2D eigenvalue weighted by molar-refractivity contribution is 7.99. The van der Waals surface area contributed by atoms with Gasteiger partial charge >= 0.3 is 0 Å². The van der Waals surface area contributed by atoms with E-state index in [1.807, 2.05) is 0 Å². The van der Waals surface area contributed by atoms with E-state index in [0.29, 0.717) is 6.04 Å². The monoisotopic (exact) mass is 241 g/mol. The normalized spacial score (nSPS) is 42.2. The van der Waals surface area contributed by atoms with Crippen molar-refractivity contribution in [1.82, 2.24) is 15.5 Å². The van der Waals surface area contributed by atoms with E-state index in [4.69, 9.17) is 0 Å². The highest BCUT2D eigenvalue weighted by atomic mass is 32.2. The zero-order chi connectivity index (χ0) is 11.0. The van der Waals surface area contributed by atoms with Crippen molar-refractivity contribution in [2.24, 2.45) is 5.92 Å². The lowest BCUT2D eigenvalue weighted by Crippen LogP contribution is -2.59. The van der Waals surface area contributed by atoms with E-state index < -0.39 is 0 Å². The molecule has 5 heteroatoms. The number of rotatable bonds is 2. The topological polar surface area (TPSA) is 44.4 Å². The van der Waals surface area contributed by atoms with Crippen LogP contribution in [0.15, 0.2) is 0 Å². The molecule has 0 radical (unpaired) electrons. The zero-order valence-electron chi connectivity index (χ0n) is 9.45. The summed E-state index contributed by atoms with van der Waals surface area (Å²) in [5.41, 5.74) is 0. The quantitative estimate of drug-likeness (QED) is 0.706. The average molecular weight is 241 g/mol. The zero-order valence-corrected chi connectivity index (χ0v) is 10.3. The number of fused-ring (bicyclic) bond motifs is 3. The Balaban J connectivity index is 1.56. The van der Waals surface area contributed by atoms with Crippen LogP contribution < -0.4 is 10.6 Å². The summed E-state index contributed by atoms with van der Waals surface area (Å²) in [7, 11) is 0. The van der Waals surface area contributed by atoms with Crippen molar-refractivity contribution in [1.29, 1.82) is 0 Å². The summed E-state index contributed by atoms with van der Waals surface area (Å²) in [5.74, 6) is 2.78. The fraction of sp³-hybridized carbons (Fsp3) is 0.909. The van der Waals surface area contributed by atoms with Gasteiger partial charge in [-0.25, -0.2) is 0 Å². The second-order valence-corrected chi connectivity index (χ2v) is 6.06. The first-order chi connectivity index (χ1) is 7.83. The van der Waals surface area contributed by atoms with E-state index in [9.17, 15) is 4.79 Å². The lowest BCUT2D eigenvalue weighted by atomic mass is 9.84. The molecule has 0 aromatic carbocycles. The fourth-order valence-corrected chi connectivity index (χ4v) is 3.92. The van der Waals surface area contributed by atoms with Crippen molar-refractivity contribution in [3.8, 4) is 0 Å². The summed E-state index contributed by atoms with van der Waals surface area (Å²) in [6.07, 6.45) is 2.52. The second-order valence-electron chi connectivity index (χ2n) is 5.02. The summed E-state index contributed by atoms with van der Waals surface area (Å²) >= 11 is 1.81. The number of piperidine rings is 3. The highest BCUT2D eigenvalue weighted by Gasteiger charge is 2.36. The van der Waals surface area contributed by atoms with Crippen LogP contribution in [-0.2, 0) is 4.79 Å². The molecule has 2 N–H and O–H groups in total. The lowest BCUT2D eigenvalue weighted by molar-refractivity contribution is -0.124. The van der Waals surface area contributed by atoms with E-state index in [1.165, 1.54) is 25.9 Å². The Labute approximate surface area is 101 Å². The van der Waals surface area contributed by atoms with Crippen LogP contribution in [0.2, 0.25) is 0 Å². The lowest BCUT2D eigenvalue weighted by Gasteiger charge is -2.45. The predicted octanol–water partition coefficient (Wildman–Crippen LogP) is -0.141. The molecule has 0 saturated carbocycles. The van der Waals surface area contributed by atoms with Crippen LogP contribution in [0, 0.1) is 5.92 Å². The molecule has 4 heterocycles. The standard InChI is InChI=1S/C11H19N3OS/c15-11(10-6-16-7-12-10)13-9-5-14-3-1-8(9)2-4-14/h8-10,12H,1-7H2,(H,13,15). The Morgan fingerprint density at radius 3 is 2.75 bits per heavy atom. The maximum Gasteiger partial charge on any atom is 0.238 e. The molecule has 4 nitrogen and oxygen atoms in total. The minimum Gasteiger partial charge on any atom is -0.350 e. The third-order valence-corrected chi connectivity index (χ3v) is 4.96. The SMILES string of the molecule is O=C(NC1CN2CCC1CC2)C1CSCN1. The van der Waals surface area contributed by atoms with Gasteiger partial charge in [0, 0.05) is 24.2 Å². The van der Waals surface area contributed by atoms with Crippen LogP contribution in [0.5, 0.6) is 0 Å². The van der Waals surface area contributed by atoms with Gasteiger partial charge in [-0.05, 0) is 31.8 Å². The van der Waals surface area contributed by atoms with Gasteiger partial charge in [0.25, 0.3) is 0 Å². The summed E-state index contributed by atoms with van der Waals surface area (Å²) in [4.78, 5) is 14.5. The molecule has 2 atom stereocenters. The number of amides is 1. The predicted molar refractivity (Wildman–Crippen MR) is 65.3 cm³/mol. The Bertz CT molecular complexity index is 272. The minimum atomic E-state index is 0.0421. The van der Waals surface area contributed by atoms with E-state index in [0.717, 1.165) is 24.1 Å². The first-order valence-electron chi connectivity index (χ1n) is 6.17. The van der Waals surface area contributed by atoms with Gasteiger partial charge < -0.3 is 10.2 Å². The molecule has 1 amide bonds. The van der Waals surface area contributed by atoms with Gasteiger partial charge in [-0.15, -0.1) is 11.8 Å². The molecule has 0 aliphatic carbocycles. The van der Waals surface area contributed by atoms with Crippen molar-refractivity contribution in [3.63, 3.8) is 0 Å². The Morgan fingerprint density at radius 2 is 2.19 bits per heavy atom. The Hall–Kier alpha value is -0.260. The van der Waals surface area contributed by atoms with Crippen LogP contribution >= 0.6 is 11.8 Å². The van der Waals surface area contributed by atoms with E-state index in [1.54, 1.807) is 11.8 Å². The molecule has 90 valence electrons. The van der Waals surface area contributed by atoms with Crippen LogP contribution in [0.1, 0.15) is 12.8 Å². The molecule has 0 aromatic rings. The second kappa shape index (κ2) is 4.55. The molecule has 4 rings (SSSR count). The number of carbonyl (C=O) groups is 1. The first-order valence-corrected chi connectivity index (χ1v) is 7.32. The molecule has 0 aromatic heterocycles. The molecular weight excluding hydrogens is 222 g/mol. The number of nitrogens with zero attached hydrogens (tertiary/aromatic N) is 1. The van der Waals surface area contributed by atoms with Crippen LogP contribution in [0.3, 0.4) is 0 Å². The third kappa shape index (κ3) is 2.08. The summed E-state index contributed by atoms with van der Waals surface area (Å²) in [5, 5.41) is 6.46. The molecule has 0 spiro atoms. The van der Waals surface area contributed by atoms with Gasteiger partial charge in [-0.3, -0.25) is 10.1 Å². The van der Waals surface area contributed by atoms with Crippen molar-refractivity contribution >= 4 is 17.7 Å². The van der Waals surface area contributed by atoms with E-state index in [-0.39, 0.29) is 11.9 Å². The number of hydrogen-bond acceptors (Lipinski definition) is 4. The molecule has 4 fully saturated rings. The van der Waals surface area contributed by atoms with Gasteiger partial charge in [0.1, 0.15) is 0 Å². The van der Waals surface area contributed by atoms with Gasteiger partial charge in [0.2, 0.25) is 5.91 Å². The summed E-state index contributed by atoms with van der Waals surface area (Å²) in [6.45, 7) is 3.53. The van der Waals surface area contributed by atoms with Crippen molar-refractivity contribution in [2.45, 2.75) is 24.9 Å². The average Bonchev–Trinajstić information content (AvgIpc) is 2.84. The number of hydrogen-bond donors (Lipinski definition) is 2. The molecule has 4 aliphatic heterocycles. The third-order valence-electron chi connectivity index (χ3n) is 4.02. The summed E-state index contributed by atoms with van der Waals surface area (Å²) in [6, 6.07) is 0.447. The van der Waals surface area contributed by atoms with Crippen molar-refractivity contribution in [3.05, 3.63) is 0 Å². The van der Waals surface area contributed by atoms with Gasteiger partial charge in [-0.2, -0.15) is 0 Å². The fourth-order valence-electron chi connectivity index (χ4n) is 2.98. The van der Waals surface area contributed by atoms with Crippen molar-refractivity contribution < 1.29 is 4.79 Å². The maximum absolute atomic E-state index is 12.0. The minimum absolute atomic E-state index is 0.0421. The Kier molecular flexibility index (Phi) is 3.09. The molecule has 2 bridgehead atoms. The van der Waals surface area contributed by atoms with Crippen LogP contribution in [0.25, 0.3) is 0 Å². The number of thioether (sulfide) groups is 1. The highest BCUT2D eigenvalue weighted by Crippen LogP contribution is 2.27. The molecule has 2 unspecified atom stereocenters. The molecule has 16 heavy (non-hydrogen) atoms. The van der Waals surface area contributed by atoms with Crippen molar-refractivity contribution in [2.75, 3.05) is 31.3 Å². The smallest absolute Gasteiger partial charge is 0.238 e. The number of carbonyl (C=O) groups excluding carboxylic acids is 1. The maximum atomic E-state index is 12.0. The van der Waals surface area contributed by atoms with Gasteiger partial charge in [-0.1, -0.05) is 0 Å². The largest absolute Gasteiger partial charge is 0.350 e. The van der Waals surface area contributed by atoms with Gasteiger partial charge in [0.05, 0.1) is 6.04 Å². The van der Waals surface area contributed by atoms with E-state index in [2.05, 4.69) is 15.5 Å². The van der Waals surface area contributed by atoms with Crippen LogP contribution in [0.4, 0.5) is 0 Å². The number of nitrogens with one attached hydrogen (secondary N) is 2. The molecular formula is C11H19N3OS. The Morgan fingerprint density at radius 1 is 1.38 bits per heavy atom. The molecule has 4 aliphatic rings. The summed E-state index contributed by atoms with van der Waals surface area (Å²) < 4.78 is 0. The van der Waals surface area contributed by atoms with Crippen LogP contribution in [-0.4, -0.2) is 54.2 Å².